The van der Waals surface area contributed by atoms with Gasteiger partial charge < -0.3 is 10.4 Å². The Bertz CT molecular complexity index is 594. The summed E-state index contributed by atoms with van der Waals surface area (Å²) in [6.07, 6.45) is 3.31. The first kappa shape index (κ1) is 12.1. The molecule has 0 aliphatic rings. The van der Waals surface area contributed by atoms with Crippen LogP contribution in [0.4, 0.5) is 5.69 Å². The molecule has 0 spiro atoms. The van der Waals surface area contributed by atoms with E-state index in [1.807, 2.05) is 6.92 Å². The lowest BCUT2D eigenvalue weighted by atomic mass is 10.1. The monoisotopic (exact) mass is 242 g/mol. The molecule has 0 bridgehead atoms. The van der Waals surface area contributed by atoms with Crippen molar-refractivity contribution in [2.75, 3.05) is 5.32 Å². The Hall–Kier alpha value is -2.36. The van der Waals surface area contributed by atoms with E-state index in [0.717, 1.165) is 11.3 Å². The molecule has 1 aromatic heterocycles. The first-order valence-corrected chi connectivity index (χ1v) is 5.60. The van der Waals surface area contributed by atoms with Gasteiger partial charge in [-0.25, -0.2) is 0 Å². The molecule has 4 heteroatoms. The maximum atomic E-state index is 12.1. The Labute approximate surface area is 105 Å². The number of pyridine rings is 1. The minimum Gasteiger partial charge on any atom is -0.508 e. The van der Waals surface area contributed by atoms with E-state index in [-0.39, 0.29) is 11.7 Å². The van der Waals surface area contributed by atoms with Crippen molar-refractivity contribution in [1.82, 2.24) is 4.98 Å². The molecule has 2 rings (SSSR count). The number of nitrogens with one attached hydrogen (secondary N) is 1. The summed E-state index contributed by atoms with van der Waals surface area (Å²) in [5, 5.41) is 12.4. The number of rotatable bonds is 2. The van der Waals surface area contributed by atoms with E-state index in [2.05, 4.69) is 10.3 Å². The molecule has 0 fully saturated rings. The van der Waals surface area contributed by atoms with Crippen molar-refractivity contribution in [3.8, 4) is 5.75 Å². The molecule has 0 saturated carbocycles. The highest BCUT2D eigenvalue weighted by Crippen LogP contribution is 2.21. The van der Waals surface area contributed by atoms with E-state index >= 15 is 0 Å². The third kappa shape index (κ3) is 2.32. The fourth-order valence-electron chi connectivity index (χ4n) is 1.67. The second-order valence-corrected chi connectivity index (χ2v) is 4.09. The van der Waals surface area contributed by atoms with Crippen LogP contribution >= 0.6 is 0 Å². The van der Waals surface area contributed by atoms with Crippen molar-refractivity contribution in [3.05, 3.63) is 53.3 Å². The number of carbonyl (C=O) groups excluding carboxylic acids is 1. The zero-order valence-electron chi connectivity index (χ0n) is 10.3. The third-order valence-electron chi connectivity index (χ3n) is 2.82. The van der Waals surface area contributed by atoms with Crippen molar-refractivity contribution >= 4 is 11.6 Å². The number of aromatic hydroxyl groups is 1. The van der Waals surface area contributed by atoms with Gasteiger partial charge in [0.05, 0.1) is 0 Å². The number of hydrogen-bond acceptors (Lipinski definition) is 3. The number of nitrogens with zero attached hydrogens (tertiary/aromatic N) is 1. The number of benzene rings is 1. The van der Waals surface area contributed by atoms with Crippen molar-refractivity contribution < 1.29 is 9.90 Å². The summed E-state index contributed by atoms with van der Waals surface area (Å²) in [4.78, 5) is 16.1. The maximum absolute atomic E-state index is 12.1. The number of aromatic nitrogens is 1. The molecule has 0 unspecified atom stereocenters. The fourth-order valence-corrected chi connectivity index (χ4v) is 1.67. The molecule has 0 aliphatic heterocycles. The molecule has 0 atom stereocenters. The van der Waals surface area contributed by atoms with Gasteiger partial charge in [0.2, 0.25) is 0 Å². The third-order valence-corrected chi connectivity index (χ3v) is 2.82. The van der Waals surface area contributed by atoms with Crippen LogP contribution in [0.5, 0.6) is 5.75 Å². The average molecular weight is 242 g/mol. The van der Waals surface area contributed by atoms with Crippen LogP contribution in [0.25, 0.3) is 0 Å². The second kappa shape index (κ2) is 4.87. The van der Waals surface area contributed by atoms with Crippen LogP contribution in [0.2, 0.25) is 0 Å². The predicted octanol–water partition coefficient (Wildman–Crippen LogP) is 2.66. The molecule has 0 saturated heterocycles. The van der Waals surface area contributed by atoms with E-state index in [4.69, 9.17) is 0 Å². The van der Waals surface area contributed by atoms with Crippen LogP contribution in [0.3, 0.4) is 0 Å². The molecule has 1 aromatic carbocycles. The van der Waals surface area contributed by atoms with Gasteiger partial charge in [0.1, 0.15) is 5.75 Å². The highest BCUT2D eigenvalue weighted by molar-refractivity contribution is 6.05. The van der Waals surface area contributed by atoms with Gasteiger partial charge in [-0.2, -0.15) is 0 Å². The summed E-state index contributed by atoms with van der Waals surface area (Å²) in [6.45, 7) is 3.58. The Morgan fingerprint density at radius 3 is 2.78 bits per heavy atom. The Morgan fingerprint density at radius 2 is 2.06 bits per heavy atom. The van der Waals surface area contributed by atoms with E-state index in [1.54, 1.807) is 43.6 Å². The largest absolute Gasteiger partial charge is 0.508 e. The molecule has 2 aromatic rings. The maximum Gasteiger partial charge on any atom is 0.256 e. The molecular weight excluding hydrogens is 228 g/mol. The molecule has 18 heavy (non-hydrogen) atoms. The molecular formula is C14H14N2O2. The Morgan fingerprint density at radius 1 is 1.28 bits per heavy atom. The van der Waals surface area contributed by atoms with Crippen molar-refractivity contribution in [2.24, 2.45) is 0 Å². The quantitative estimate of drug-likeness (QED) is 0.851. The minimum atomic E-state index is -0.238. The normalized spacial score (nSPS) is 10.1. The molecule has 0 radical (unpaired) electrons. The van der Waals surface area contributed by atoms with Crippen LogP contribution in [0.15, 0.2) is 36.7 Å². The van der Waals surface area contributed by atoms with Crippen LogP contribution in [0, 0.1) is 13.8 Å². The van der Waals surface area contributed by atoms with Gasteiger partial charge in [0, 0.05) is 29.2 Å². The van der Waals surface area contributed by atoms with Gasteiger partial charge in [0.15, 0.2) is 0 Å². The number of amides is 1. The number of aryl methyl sites for hydroxylation is 1. The van der Waals surface area contributed by atoms with Crippen molar-refractivity contribution in [1.29, 1.82) is 0 Å². The first-order valence-electron chi connectivity index (χ1n) is 5.60. The Kier molecular flexibility index (Phi) is 3.28. The number of carbonyl (C=O) groups is 1. The lowest BCUT2D eigenvalue weighted by Crippen LogP contribution is -2.14. The zero-order valence-corrected chi connectivity index (χ0v) is 10.3. The fraction of sp³-hybridized carbons (Fsp3) is 0.143. The average Bonchev–Trinajstić information content (AvgIpc) is 2.35. The first-order chi connectivity index (χ1) is 8.59. The molecule has 1 heterocycles. The highest BCUT2D eigenvalue weighted by atomic mass is 16.3. The van der Waals surface area contributed by atoms with Gasteiger partial charge >= 0.3 is 0 Å². The summed E-state index contributed by atoms with van der Waals surface area (Å²) < 4.78 is 0. The van der Waals surface area contributed by atoms with Gasteiger partial charge in [-0.05, 0) is 37.6 Å². The van der Waals surface area contributed by atoms with Gasteiger partial charge in [-0.15, -0.1) is 0 Å². The van der Waals surface area contributed by atoms with Crippen LogP contribution in [0.1, 0.15) is 21.5 Å². The lowest BCUT2D eigenvalue weighted by molar-refractivity contribution is 0.102. The lowest BCUT2D eigenvalue weighted by Gasteiger charge is -2.10. The van der Waals surface area contributed by atoms with E-state index in [1.165, 1.54) is 0 Å². The van der Waals surface area contributed by atoms with Crippen molar-refractivity contribution in [2.45, 2.75) is 13.8 Å². The van der Waals surface area contributed by atoms with Crippen LogP contribution in [-0.4, -0.2) is 16.0 Å². The SMILES string of the molecule is Cc1cnccc1NC(=O)c1cccc(O)c1C. The molecule has 92 valence electrons. The van der Waals surface area contributed by atoms with Gasteiger partial charge in [0.25, 0.3) is 5.91 Å². The van der Waals surface area contributed by atoms with E-state index in [0.29, 0.717) is 11.1 Å². The number of anilines is 1. The van der Waals surface area contributed by atoms with Gasteiger partial charge in [-0.3, -0.25) is 9.78 Å². The predicted molar refractivity (Wildman–Crippen MR) is 69.8 cm³/mol. The zero-order chi connectivity index (χ0) is 13.1. The topological polar surface area (TPSA) is 62.2 Å². The van der Waals surface area contributed by atoms with Crippen molar-refractivity contribution in [3.63, 3.8) is 0 Å². The number of phenols is 1. The summed E-state index contributed by atoms with van der Waals surface area (Å²) in [7, 11) is 0. The summed E-state index contributed by atoms with van der Waals surface area (Å²) in [6, 6.07) is 6.63. The van der Waals surface area contributed by atoms with Gasteiger partial charge in [-0.1, -0.05) is 6.07 Å². The second-order valence-electron chi connectivity index (χ2n) is 4.09. The summed E-state index contributed by atoms with van der Waals surface area (Å²) in [5.41, 5.74) is 2.65. The number of hydrogen-bond donors (Lipinski definition) is 2. The smallest absolute Gasteiger partial charge is 0.256 e. The molecule has 1 amide bonds. The highest BCUT2D eigenvalue weighted by Gasteiger charge is 2.12. The summed E-state index contributed by atoms with van der Waals surface area (Å²) >= 11 is 0. The molecule has 4 nitrogen and oxygen atoms in total. The Balaban J connectivity index is 2.28. The van der Waals surface area contributed by atoms with E-state index in [9.17, 15) is 9.90 Å². The minimum absolute atomic E-state index is 0.120. The summed E-state index contributed by atoms with van der Waals surface area (Å²) in [5.74, 6) is -0.119. The standard InChI is InChI=1S/C14H14N2O2/c1-9-8-15-7-6-12(9)16-14(18)11-4-3-5-13(17)10(11)2/h3-8,17H,1-2H3,(H,15,16,18). The van der Waals surface area contributed by atoms with Crippen LogP contribution in [-0.2, 0) is 0 Å². The molecule has 2 N–H and O–H groups in total. The van der Waals surface area contributed by atoms with Crippen LogP contribution < -0.4 is 5.32 Å². The number of phenolic OH excluding ortho intramolecular Hbond substituents is 1. The molecule has 0 aliphatic carbocycles. The van der Waals surface area contributed by atoms with E-state index < -0.39 is 0 Å².